The first-order valence-corrected chi connectivity index (χ1v) is 3.54. The average Bonchev–Trinajstić information content (AvgIpc) is 2.04. The number of methoxy groups -OCH3 is 2. The van der Waals surface area contributed by atoms with Gasteiger partial charge in [0.2, 0.25) is 0 Å². The van der Waals surface area contributed by atoms with Crippen LogP contribution in [-0.2, 0) is 0 Å². The fourth-order valence-corrected chi connectivity index (χ4v) is 1.07. The van der Waals surface area contributed by atoms with Crippen molar-refractivity contribution in [2.45, 2.75) is 0 Å². The first-order chi connectivity index (χ1) is 6.11. The molecule has 5 nitrogen and oxygen atoms in total. The minimum absolute atomic E-state index is 0.0718. The zero-order valence-electron chi connectivity index (χ0n) is 7.37. The van der Waals surface area contributed by atoms with Crippen molar-refractivity contribution in [3.8, 4) is 23.0 Å². The van der Waals surface area contributed by atoms with Crippen molar-refractivity contribution in [3.05, 3.63) is 6.07 Å². The van der Waals surface area contributed by atoms with Gasteiger partial charge in [0.1, 0.15) is 5.69 Å². The molecule has 13 heavy (non-hydrogen) atoms. The van der Waals surface area contributed by atoms with Crippen molar-refractivity contribution in [2.24, 2.45) is 0 Å². The van der Waals surface area contributed by atoms with Crippen LogP contribution in [-0.4, -0.2) is 24.4 Å². The summed E-state index contributed by atoms with van der Waals surface area (Å²) < 4.78 is 9.61. The van der Waals surface area contributed by atoms with Crippen molar-refractivity contribution in [2.75, 3.05) is 20.0 Å². The summed E-state index contributed by atoms with van der Waals surface area (Å²) in [6, 6.07) is 1.11. The van der Waals surface area contributed by atoms with Crippen LogP contribution in [0.1, 0.15) is 0 Å². The molecule has 0 fully saturated rings. The number of hydrogen-bond donors (Lipinski definition) is 3. The smallest absolute Gasteiger partial charge is 0.187 e. The van der Waals surface area contributed by atoms with Crippen molar-refractivity contribution in [1.29, 1.82) is 0 Å². The molecule has 0 radical (unpaired) electrons. The number of ether oxygens (including phenoxy) is 2. The van der Waals surface area contributed by atoms with Crippen LogP contribution >= 0.6 is 0 Å². The van der Waals surface area contributed by atoms with Gasteiger partial charge in [-0.15, -0.1) is 0 Å². The number of anilines is 1. The summed E-state index contributed by atoms with van der Waals surface area (Å²) in [7, 11) is 2.73. The Morgan fingerprint density at radius 3 is 1.77 bits per heavy atom. The van der Waals surface area contributed by atoms with Crippen molar-refractivity contribution < 1.29 is 19.7 Å². The number of nitrogen functional groups attached to an aromatic ring is 1. The van der Waals surface area contributed by atoms with Crippen LogP contribution in [0, 0.1) is 0 Å². The third-order valence-electron chi connectivity index (χ3n) is 1.64. The minimum Gasteiger partial charge on any atom is -0.504 e. The van der Waals surface area contributed by atoms with E-state index >= 15 is 0 Å². The fourth-order valence-electron chi connectivity index (χ4n) is 1.07. The summed E-state index contributed by atoms with van der Waals surface area (Å²) >= 11 is 0. The Hall–Kier alpha value is -1.78. The highest BCUT2D eigenvalue weighted by Gasteiger charge is 2.16. The van der Waals surface area contributed by atoms with Gasteiger partial charge in [-0.1, -0.05) is 0 Å². The van der Waals surface area contributed by atoms with Gasteiger partial charge >= 0.3 is 0 Å². The van der Waals surface area contributed by atoms with Gasteiger partial charge in [0.25, 0.3) is 0 Å². The van der Waals surface area contributed by atoms with Gasteiger partial charge in [-0.3, -0.25) is 0 Å². The molecule has 0 atom stereocenters. The number of nitrogens with two attached hydrogens (primary N) is 1. The van der Waals surface area contributed by atoms with E-state index in [1.54, 1.807) is 0 Å². The lowest BCUT2D eigenvalue weighted by molar-refractivity contribution is 0.350. The maximum Gasteiger partial charge on any atom is 0.187 e. The summed E-state index contributed by atoms with van der Waals surface area (Å²) in [5, 5.41) is 18.5. The normalized spacial score (nSPS) is 9.69. The summed E-state index contributed by atoms with van der Waals surface area (Å²) in [4.78, 5) is 0. The van der Waals surface area contributed by atoms with Crippen LogP contribution in [0.4, 0.5) is 5.69 Å². The maximum atomic E-state index is 9.27. The van der Waals surface area contributed by atoms with E-state index in [2.05, 4.69) is 0 Å². The Morgan fingerprint density at radius 2 is 1.46 bits per heavy atom. The number of hydrogen-bond acceptors (Lipinski definition) is 5. The molecule has 0 unspecified atom stereocenters. The van der Waals surface area contributed by atoms with E-state index in [1.165, 1.54) is 14.2 Å². The Morgan fingerprint density at radius 1 is 1.08 bits per heavy atom. The van der Waals surface area contributed by atoms with E-state index < -0.39 is 0 Å². The van der Waals surface area contributed by atoms with Gasteiger partial charge < -0.3 is 25.4 Å². The number of benzene rings is 1. The van der Waals surface area contributed by atoms with E-state index in [9.17, 15) is 10.2 Å². The standard InChI is InChI=1S/C8H11NO4/c1-12-7-4(10)3-5(11)8(13-2)6(7)9/h3,10-11H,9H2,1-2H3. The van der Waals surface area contributed by atoms with Gasteiger partial charge in [0.15, 0.2) is 23.0 Å². The molecule has 0 saturated carbocycles. The third-order valence-corrected chi connectivity index (χ3v) is 1.64. The zero-order valence-corrected chi connectivity index (χ0v) is 7.37. The molecule has 0 aromatic heterocycles. The van der Waals surface area contributed by atoms with E-state index in [4.69, 9.17) is 15.2 Å². The molecule has 0 aliphatic carbocycles. The number of phenolic OH excluding ortho intramolecular Hbond substituents is 2. The molecule has 5 heteroatoms. The monoisotopic (exact) mass is 185 g/mol. The van der Waals surface area contributed by atoms with Crippen LogP contribution in [0.15, 0.2) is 6.07 Å². The fraction of sp³-hybridized carbons (Fsp3) is 0.250. The van der Waals surface area contributed by atoms with Crippen molar-refractivity contribution >= 4 is 5.69 Å². The highest BCUT2D eigenvalue weighted by atomic mass is 16.5. The largest absolute Gasteiger partial charge is 0.504 e. The summed E-state index contributed by atoms with van der Waals surface area (Å²) in [5.41, 5.74) is 5.61. The molecule has 0 heterocycles. The highest BCUT2D eigenvalue weighted by Crippen LogP contribution is 2.45. The van der Waals surface area contributed by atoms with E-state index in [0.29, 0.717) is 0 Å². The predicted octanol–water partition coefficient (Wildman–Crippen LogP) is 0.697. The van der Waals surface area contributed by atoms with Crippen LogP contribution < -0.4 is 15.2 Å². The van der Waals surface area contributed by atoms with E-state index in [0.717, 1.165) is 6.07 Å². The second kappa shape index (κ2) is 3.30. The van der Waals surface area contributed by atoms with Crippen LogP contribution in [0.3, 0.4) is 0 Å². The van der Waals surface area contributed by atoms with Gasteiger partial charge in [-0.2, -0.15) is 0 Å². The Balaban J connectivity index is 3.39. The van der Waals surface area contributed by atoms with Gasteiger partial charge in [-0.25, -0.2) is 0 Å². The second-order valence-corrected chi connectivity index (χ2v) is 2.39. The lowest BCUT2D eigenvalue weighted by Gasteiger charge is -2.11. The molecule has 0 aliphatic heterocycles. The molecule has 4 N–H and O–H groups in total. The lowest BCUT2D eigenvalue weighted by atomic mass is 10.2. The molecule has 0 aliphatic rings. The number of aromatic hydroxyl groups is 2. The SMILES string of the molecule is COc1c(O)cc(O)c(OC)c1N. The lowest BCUT2D eigenvalue weighted by Crippen LogP contribution is -1.97. The molecule has 1 aromatic rings. The van der Waals surface area contributed by atoms with Crippen molar-refractivity contribution in [3.63, 3.8) is 0 Å². The Labute approximate surface area is 75.3 Å². The number of phenols is 2. The molecule has 72 valence electrons. The molecule has 1 aromatic carbocycles. The second-order valence-electron chi connectivity index (χ2n) is 2.39. The molecular weight excluding hydrogens is 174 g/mol. The van der Waals surface area contributed by atoms with Crippen molar-refractivity contribution in [1.82, 2.24) is 0 Å². The zero-order chi connectivity index (χ0) is 10.0. The maximum absolute atomic E-state index is 9.27. The van der Waals surface area contributed by atoms with Gasteiger partial charge in [-0.05, 0) is 0 Å². The van der Waals surface area contributed by atoms with E-state index in [-0.39, 0.29) is 28.7 Å². The Kier molecular flexibility index (Phi) is 2.36. The summed E-state index contributed by atoms with van der Waals surface area (Å²) in [5.74, 6) is -0.263. The Bertz CT molecular complexity index is 296. The quantitative estimate of drug-likeness (QED) is 0.590. The molecule has 0 saturated heterocycles. The van der Waals surface area contributed by atoms with Gasteiger partial charge in [0.05, 0.1) is 14.2 Å². The first-order valence-electron chi connectivity index (χ1n) is 3.54. The average molecular weight is 185 g/mol. The van der Waals surface area contributed by atoms with E-state index in [1.807, 2.05) is 0 Å². The van der Waals surface area contributed by atoms with Crippen LogP contribution in [0.5, 0.6) is 23.0 Å². The molecule has 0 amide bonds. The summed E-state index contributed by atoms with van der Waals surface area (Å²) in [6.45, 7) is 0. The first kappa shape index (κ1) is 9.31. The van der Waals surface area contributed by atoms with Crippen LogP contribution in [0.2, 0.25) is 0 Å². The molecule has 0 spiro atoms. The highest BCUT2D eigenvalue weighted by molar-refractivity contribution is 5.72. The molecule has 1 rings (SSSR count). The molecular formula is C8H11NO4. The predicted molar refractivity (Wildman–Crippen MR) is 47.3 cm³/mol. The summed E-state index contributed by atoms with van der Waals surface area (Å²) in [6.07, 6.45) is 0. The van der Waals surface area contributed by atoms with Gasteiger partial charge in [0, 0.05) is 6.07 Å². The van der Waals surface area contributed by atoms with Crippen LogP contribution in [0.25, 0.3) is 0 Å². The molecule has 0 bridgehead atoms. The topological polar surface area (TPSA) is 84.9 Å². The third kappa shape index (κ3) is 1.40. The number of rotatable bonds is 2. The minimum atomic E-state index is -0.224.